The molecule has 3 aromatic carbocycles. The smallest absolute Gasteiger partial charge is 0.326 e. The van der Waals surface area contributed by atoms with Crippen LogP contribution in [0.15, 0.2) is 71.7 Å². The van der Waals surface area contributed by atoms with Gasteiger partial charge in [-0.15, -0.1) is 0 Å². The maximum absolute atomic E-state index is 14.6. The van der Waals surface area contributed by atoms with Crippen LogP contribution < -0.4 is 9.47 Å². The number of hydrogen-bond donors (Lipinski definition) is 0. The Hall–Kier alpha value is -3.75. The van der Waals surface area contributed by atoms with Crippen LogP contribution in [0, 0.1) is 0 Å². The number of rotatable bonds is 6. The molecule has 44 heavy (non-hydrogen) atoms. The Bertz CT molecular complexity index is 1550. The number of aliphatic imine (C=N–C) groups is 1. The van der Waals surface area contributed by atoms with Gasteiger partial charge in [-0.1, -0.05) is 47.5 Å². The molecule has 8 nitrogen and oxygen atoms in total. The molecule has 0 radical (unpaired) electrons. The Balaban J connectivity index is 1.70. The Labute approximate surface area is 269 Å². The van der Waals surface area contributed by atoms with Gasteiger partial charge in [0.2, 0.25) is 5.91 Å². The van der Waals surface area contributed by atoms with E-state index in [1.54, 1.807) is 21.7 Å². The van der Waals surface area contributed by atoms with Crippen molar-refractivity contribution in [3.63, 3.8) is 0 Å². The second kappa shape index (κ2) is 12.7. The van der Waals surface area contributed by atoms with E-state index in [1.165, 1.54) is 0 Å². The lowest BCUT2D eigenvalue weighted by atomic mass is 9.93. The van der Waals surface area contributed by atoms with Crippen LogP contribution >= 0.6 is 23.2 Å². The normalized spacial score (nSPS) is 19.0. The zero-order chi connectivity index (χ0) is 31.8. The maximum Gasteiger partial charge on any atom is 0.326 e. The molecule has 0 unspecified atom stereocenters. The summed E-state index contributed by atoms with van der Waals surface area (Å²) in [4.78, 5) is 37.5. The molecule has 2 heterocycles. The number of ether oxygens (including phenoxy) is 2. The van der Waals surface area contributed by atoms with Crippen LogP contribution in [0.3, 0.4) is 0 Å². The van der Waals surface area contributed by atoms with Gasteiger partial charge >= 0.3 is 6.03 Å². The summed E-state index contributed by atoms with van der Waals surface area (Å²) in [7, 11) is 1.75. The Morgan fingerprint density at radius 2 is 1.55 bits per heavy atom. The first-order chi connectivity index (χ1) is 20.8. The van der Waals surface area contributed by atoms with Gasteiger partial charge in [0.15, 0.2) is 0 Å². The summed E-state index contributed by atoms with van der Waals surface area (Å²) in [5.41, 5.74) is 1.96. The molecule has 0 spiro atoms. The van der Waals surface area contributed by atoms with Crippen LogP contribution in [0.1, 0.15) is 63.4 Å². The fourth-order valence-electron chi connectivity index (χ4n) is 5.38. The molecule has 0 aromatic heterocycles. The van der Waals surface area contributed by atoms with Crippen molar-refractivity contribution in [2.45, 2.75) is 58.4 Å². The number of benzene rings is 3. The van der Waals surface area contributed by atoms with Crippen molar-refractivity contribution in [2.75, 3.05) is 26.7 Å². The van der Waals surface area contributed by atoms with Gasteiger partial charge in [-0.25, -0.2) is 4.79 Å². The Kier molecular flexibility index (Phi) is 9.14. The highest BCUT2D eigenvalue weighted by atomic mass is 35.5. The van der Waals surface area contributed by atoms with Crippen LogP contribution in [-0.2, 0) is 4.79 Å². The third kappa shape index (κ3) is 6.97. The fraction of sp³-hybridized carbons (Fsp3) is 0.382. The summed E-state index contributed by atoms with van der Waals surface area (Å²) in [5.74, 6) is 1.51. The molecule has 2 aliphatic heterocycles. The SMILES string of the molecule is CC(C)Oc1cc(OC(C)(C)C)ccc1C1=N[C@@H](c2ccc(Cl)cc2)[C@@H](c2ccc(Cl)cc2)N1C(=O)N1CCN(C)C(=O)C1. The number of halogens is 2. The molecule has 0 bridgehead atoms. The van der Waals surface area contributed by atoms with Gasteiger partial charge in [0, 0.05) is 36.2 Å². The average Bonchev–Trinajstić information content (AvgIpc) is 3.34. The highest BCUT2D eigenvalue weighted by Crippen LogP contribution is 2.46. The maximum atomic E-state index is 14.6. The van der Waals surface area contributed by atoms with E-state index in [4.69, 9.17) is 37.7 Å². The highest BCUT2D eigenvalue weighted by Gasteiger charge is 2.45. The lowest BCUT2D eigenvalue weighted by molar-refractivity contribution is -0.133. The minimum Gasteiger partial charge on any atom is -0.490 e. The van der Waals surface area contributed by atoms with Gasteiger partial charge in [-0.2, -0.15) is 0 Å². The number of piperazine rings is 1. The second-order valence-electron chi connectivity index (χ2n) is 12.4. The van der Waals surface area contributed by atoms with Gasteiger partial charge < -0.3 is 19.3 Å². The van der Waals surface area contributed by atoms with Gasteiger partial charge in [0.1, 0.15) is 35.5 Å². The summed E-state index contributed by atoms with van der Waals surface area (Å²) >= 11 is 12.6. The lowest BCUT2D eigenvalue weighted by Crippen LogP contribution is -2.55. The van der Waals surface area contributed by atoms with E-state index >= 15 is 0 Å². The Morgan fingerprint density at radius 3 is 2.11 bits per heavy atom. The average molecular weight is 638 g/mol. The van der Waals surface area contributed by atoms with Crippen molar-refractivity contribution in [2.24, 2.45) is 4.99 Å². The van der Waals surface area contributed by atoms with Gasteiger partial charge in [0.25, 0.3) is 0 Å². The van der Waals surface area contributed by atoms with Crippen LogP contribution in [0.5, 0.6) is 11.5 Å². The van der Waals surface area contributed by atoms with Crippen molar-refractivity contribution in [3.05, 3.63) is 93.5 Å². The van der Waals surface area contributed by atoms with Gasteiger partial charge in [-0.05, 0) is 82.1 Å². The Morgan fingerprint density at radius 1 is 0.932 bits per heavy atom. The monoisotopic (exact) mass is 636 g/mol. The minimum atomic E-state index is -0.539. The number of amidine groups is 1. The number of likely N-dealkylation sites (N-methyl/N-ethyl adjacent to an activating group) is 1. The van der Waals surface area contributed by atoms with E-state index in [0.29, 0.717) is 46.0 Å². The molecule has 232 valence electrons. The molecular weight excluding hydrogens is 599 g/mol. The summed E-state index contributed by atoms with van der Waals surface area (Å²) < 4.78 is 12.5. The first-order valence-electron chi connectivity index (χ1n) is 14.7. The number of nitrogens with zero attached hydrogens (tertiary/aromatic N) is 4. The molecule has 5 rings (SSSR count). The molecule has 2 atom stereocenters. The van der Waals surface area contributed by atoms with E-state index in [1.807, 2.05) is 101 Å². The van der Waals surface area contributed by atoms with Gasteiger partial charge in [0.05, 0.1) is 17.7 Å². The minimum absolute atomic E-state index is 0.0220. The standard InChI is InChI=1S/C34H38Cl2N4O4/c1-21(2)43-28-19-26(44-34(3,4)5)15-16-27(28)32-37-30(22-7-11-24(35)12-8-22)31(23-9-13-25(36)14-10-23)40(32)33(42)39-18-17-38(6)29(41)20-39/h7-16,19,21,30-31H,17-18,20H2,1-6H3/t30-,31+/m0/s1. The lowest BCUT2D eigenvalue weighted by Gasteiger charge is -2.37. The number of carbonyl (C=O) groups is 2. The van der Waals surface area contributed by atoms with Crippen LogP contribution in [0.2, 0.25) is 10.0 Å². The molecule has 1 saturated heterocycles. The molecular formula is C34H38Cl2N4O4. The molecule has 2 aliphatic rings. The van der Waals surface area contributed by atoms with E-state index < -0.39 is 17.7 Å². The number of amides is 3. The molecule has 10 heteroatoms. The number of carbonyl (C=O) groups excluding carboxylic acids is 2. The van der Waals surface area contributed by atoms with Crippen molar-refractivity contribution < 1.29 is 19.1 Å². The quantitative estimate of drug-likeness (QED) is 0.283. The van der Waals surface area contributed by atoms with Crippen molar-refractivity contribution in [3.8, 4) is 11.5 Å². The van der Waals surface area contributed by atoms with E-state index in [9.17, 15) is 9.59 Å². The third-order valence-corrected chi connectivity index (χ3v) is 7.91. The summed E-state index contributed by atoms with van der Waals surface area (Å²) in [6, 6.07) is 19.2. The topological polar surface area (TPSA) is 74.7 Å². The summed E-state index contributed by atoms with van der Waals surface area (Å²) in [6.07, 6.45) is -0.154. The zero-order valence-corrected chi connectivity index (χ0v) is 27.4. The number of hydrogen-bond acceptors (Lipinski definition) is 5. The first-order valence-corrected chi connectivity index (χ1v) is 15.5. The highest BCUT2D eigenvalue weighted by molar-refractivity contribution is 6.30. The largest absolute Gasteiger partial charge is 0.490 e. The van der Waals surface area contributed by atoms with Crippen LogP contribution in [-0.4, -0.2) is 70.9 Å². The predicted octanol–water partition coefficient (Wildman–Crippen LogP) is 7.40. The summed E-state index contributed by atoms with van der Waals surface area (Å²) in [5, 5.41) is 1.19. The molecule has 0 aliphatic carbocycles. The summed E-state index contributed by atoms with van der Waals surface area (Å²) in [6.45, 7) is 10.7. The molecule has 0 N–H and O–H groups in total. The first kappa shape index (κ1) is 31.7. The van der Waals surface area contributed by atoms with Gasteiger partial charge in [-0.3, -0.25) is 14.7 Å². The number of urea groups is 1. The predicted molar refractivity (Wildman–Crippen MR) is 174 cm³/mol. The van der Waals surface area contributed by atoms with Crippen LogP contribution in [0.4, 0.5) is 4.79 Å². The van der Waals surface area contributed by atoms with Crippen molar-refractivity contribution in [1.82, 2.24) is 14.7 Å². The van der Waals surface area contributed by atoms with Crippen molar-refractivity contribution in [1.29, 1.82) is 0 Å². The van der Waals surface area contributed by atoms with E-state index in [2.05, 4.69) is 0 Å². The van der Waals surface area contributed by atoms with Crippen molar-refractivity contribution >= 4 is 41.0 Å². The fourth-order valence-corrected chi connectivity index (χ4v) is 5.64. The molecule has 1 fully saturated rings. The second-order valence-corrected chi connectivity index (χ2v) is 13.2. The van der Waals surface area contributed by atoms with E-state index in [0.717, 1.165) is 11.1 Å². The molecule has 0 saturated carbocycles. The molecule has 3 amide bonds. The van der Waals surface area contributed by atoms with E-state index in [-0.39, 0.29) is 24.6 Å². The molecule has 3 aromatic rings. The van der Waals surface area contributed by atoms with Crippen LogP contribution in [0.25, 0.3) is 0 Å². The zero-order valence-electron chi connectivity index (χ0n) is 25.9. The third-order valence-electron chi connectivity index (χ3n) is 7.40.